The van der Waals surface area contributed by atoms with E-state index in [0.717, 1.165) is 10.0 Å². The van der Waals surface area contributed by atoms with Gasteiger partial charge in [-0.15, -0.1) is 0 Å². The van der Waals surface area contributed by atoms with E-state index in [1.807, 2.05) is 19.1 Å². The number of halogens is 1. The molecule has 2 N–H and O–H groups in total. The van der Waals surface area contributed by atoms with Gasteiger partial charge < -0.3 is 10.5 Å². The van der Waals surface area contributed by atoms with Crippen LogP contribution in [-0.4, -0.2) is 7.11 Å². The van der Waals surface area contributed by atoms with E-state index >= 15 is 0 Å². The monoisotopic (exact) mass is 215 g/mol. The number of benzene rings is 1. The molecule has 0 unspecified atom stereocenters. The lowest BCUT2D eigenvalue weighted by Crippen LogP contribution is -1.95. The second kappa shape index (κ2) is 3.13. The van der Waals surface area contributed by atoms with Crippen LogP contribution in [0.5, 0.6) is 5.75 Å². The number of aryl methyl sites for hydroxylation is 1. The summed E-state index contributed by atoms with van der Waals surface area (Å²) in [6.07, 6.45) is 0. The Labute approximate surface area is 74.5 Å². The Balaban J connectivity index is 3.29. The molecular formula is C8H10BrNO. The van der Waals surface area contributed by atoms with Crippen molar-refractivity contribution in [3.8, 4) is 5.75 Å². The number of anilines is 1. The fourth-order valence-corrected chi connectivity index (χ4v) is 1.39. The van der Waals surface area contributed by atoms with Gasteiger partial charge in [0.25, 0.3) is 0 Å². The highest BCUT2D eigenvalue weighted by Gasteiger charge is 2.05. The van der Waals surface area contributed by atoms with Crippen molar-refractivity contribution in [3.63, 3.8) is 0 Å². The van der Waals surface area contributed by atoms with Crippen molar-refractivity contribution in [2.24, 2.45) is 0 Å². The van der Waals surface area contributed by atoms with Crippen molar-refractivity contribution in [2.75, 3.05) is 12.8 Å². The van der Waals surface area contributed by atoms with Gasteiger partial charge in [-0.3, -0.25) is 0 Å². The SMILES string of the molecule is COc1c(Br)ccc(C)c1N. The van der Waals surface area contributed by atoms with Crippen molar-refractivity contribution in [1.82, 2.24) is 0 Å². The zero-order valence-electron chi connectivity index (χ0n) is 6.52. The fraction of sp³-hybridized carbons (Fsp3) is 0.250. The molecule has 1 aromatic carbocycles. The summed E-state index contributed by atoms with van der Waals surface area (Å²) in [5.41, 5.74) is 7.47. The number of methoxy groups -OCH3 is 1. The molecule has 0 heterocycles. The van der Waals surface area contributed by atoms with E-state index in [-0.39, 0.29) is 0 Å². The molecule has 0 aliphatic heterocycles. The molecule has 2 nitrogen and oxygen atoms in total. The number of rotatable bonds is 1. The zero-order chi connectivity index (χ0) is 8.43. The third-order valence-corrected chi connectivity index (χ3v) is 2.19. The molecule has 0 fully saturated rings. The Kier molecular flexibility index (Phi) is 2.39. The minimum Gasteiger partial charge on any atom is -0.493 e. The Morgan fingerprint density at radius 1 is 1.45 bits per heavy atom. The van der Waals surface area contributed by atoms with Gasteiger partial charge in [-0.1, -0.05) is 6.07 Å². The lowest BCUT2D eigenvalue weighted by molar-refractivity contribution is 0.414. The largest absolute Gasteiger partial charge is 0.493 e. The van der Waals surface area contributed by atoms with Gasteiger partial charge in [-0.2, -0.15) is 0 Å². The second-order valence-corrected chi connectivity index (χ2v) is 3.17. The van der Waals surface area contributed by atoms with Crippen LogP contribution in [0.15, 0.2) is 16.6 Å². The molecule has 3 heteroatoms. The predicted octanol–water partition coefficient (Wildman–Crippen LogP) is 2.35. The van der Waals surface area contributed by atoms with Crippen molar-refractivity contribution in [3.05, 3.63) is 22.2 Å². The Hall–Kier alpha value is -0.700. The number of ether oxygens (including phenoxy) is 1. The highest BCUT2D eigenvalue weighted by Crippen LogP contribution is 2.32. The molecule has 0 spiro atoms. The van der Waals surface area contributed by atoms with Crippen LogP contribution in [0.25, 0.3) is 0 Å². The van der Waals surface area contributed by atoms with E-state index < -0.39 is 0 Å². The molecule has 0 atom stereocenters. The van der Waals surface area contributed by atoms with Crippen molar-refractivity contribution in [2.45, 2.75) is 6.92 Å². The van der Waals surface area contributed by atoms with Crippen LogP contribution in [0.4, 0.5) is 5.69 Å². The van der Waals surface area contributed by atoms with Crippen molar-refractivity contribution in [1.29, 1.82) is 0 Å². The van der Waals surface area contributed by atoms with Gasteiger partial charge in [0.2, 0.25) is 0 Å². The van der Waals surface area contributed by atoms with E-state index in [9.17, 15) is 0 Å². The molecule has 0 radical (unpaired) electrons. The van der Waals surface area contributed by atoms with Gasteiger partial charge in [0.15, 0.2) is 5.75 Å². The summed E-state index contributed by atoms with van der Waals surface area (Å²) < 4.78 is 5.98. The first-order valence-electron chi connectivity index (χ1n) is 3.25. The van der Waals surface area contributed by atoms with Crippen molar-refractivity contribution >= 4 is 21.6 Å². The van der Waals surface area contributed by atoms with Crippen LogP contribution in [0, 0.1) is 6.92 Å². The van der Waals surface area contributed by atoms with Gasteiger partial charge in [0.1, 0.15) is 0 Å². The predicted molar refractivity (Wildman–Crippen MR) is 49.8 cm³/mol. The lowest BCUT2D eigenvalue weighted by atomic mass is 10.2. The number of nitrogen functional groups attached to an aromatic ring is 1. The van der Waals surface area contributed by atoms with E-state index in [2.05, 4.69) is 15.9 Å². The molecular weight excluding hydrogens is 206 g/mol. The smallest absolute Gasteiger partial charge is 0.156 e. The average molecular weight is 216 g/mol. The highest BCUT2D eigenvalue weighted by atomic mass is 79.9. The van der Waals surface area contributed by atoms with E-state index in [1.54, 1.807) is 7.11 Å². The standard InChI is InChI=1S/C8H10BrNO/c1-5-3-4-6(9)8(11-2)7(5)10/h3-4H,10H2,1-2H3. The summed E-state index contributed by atoms with van der Waals surface area (Å²) in [7, 11) is 1.61. The number of hydrogen-bond acceptors (Lipinski definition) is 2. The molecule has 1 rings (SSSR count). The van der Waals surface area contributed by atoms with Gasteiger partial charge in [0.05, 0.1) is 17.3 Å². The molecule has 0 aliphatic rings. The first-order chi connectivity index (χ1) is 5.16. The average Bonchev–Trinajstić information content (AvgIpc) is 1.99. The van der Waals surface area contributed by atoms with Gasteiger partial charge in [-0.25, -0.2) is 0 Å². The summed E-state index contributed by atoms with van der Waals surface area (Å²) in [6.45, 7) is 1.95. The molecule has 0 bridgehead atoms. The Bertz CT molecular complexity index is 273. The number of nitrogens with two attached hydrogens (primary N) is 1. The maximum atomic E-state index is 5.74. The minimum absolute atomic E-state index is 0.696. The first kappa shape index (κ1) is 8.40. The summed E-state index contributed by atoms with van der Waals surface area (Å²) in [5.74, 6) is 0.713. The maximum Gasteiger partial charge on any atom is 0.156 e. The van der Waals surface area contributed by atoms with Crippen LogP contribution in [0.2, 0.25) is 0 Å². The summed E-state index contributed by atoms with van der Waals surface area (Å²) in [6, 6.07) is 3.87. The van der Waals surface area contributed by atoms with Crippen molar-refractivity contribution < 1.29 is 4.74 Å². The summed E-state index contributed by atoms with van der Waals surface area (Å²) in [4.78, 5) is 0. The van der Waals surface area contributed by atoms with Gasteiger partial charge in [-0.05, 0) is 34.5 Å². The molecule has 0 amide bonds. The van der Waals surface area contributed by atoms with Crippen LogP contribution in [-0.2, 0) is 0 Å². The molecule has 11 heavy (non-hydrogen) atoms. The second-order valence-electron chi connectivity index (χ2n) is 2.31. The molecule has 0 aromatic heterocycles. The normalized spacial score (nSPS) is 9.73. The third-order valence-electron chi connectivity index (χ3n) is 1.57. The van der Waals surface area contributed by atoms with Gasteiger partial charge in [0, 0.05) is 0 Å². The topological polar surface area (TPSA) is 35.2 Å². The maximum absolute atomic E-state index is 5.74. The van der Waals surface area contributed by atoms with Gasteiger partial charge >= 0.3 is 0 Å². The summed E-state index contributed by atoms with van der Waals surface area (Å²) >= 11 is 3.34. The number of hydrogen-bond donors (Lipinski definition) is 1. The highest BCUT2D eigenvalue weighted by molar-refractivity contribution is 9.10. The zero-order valence-corrected chi connectivity index (χ0v) is 8.10. The third kappa shape index (κ3) is 1.48. The van der Waals surface area contributed by atoms with E-state index in [4.69, 9.17) is 10.5 Å². The minimum atomic E-state index is 0.696. The first-order valence-corrected chi connectivity index (χ1v) is 4.04. The quantitative estimate of drug-likeness (QED) is 0.731. The fourth-order valence-electron chi connectivity index (χ4n) is 0.879. The Morgan fingerprint density at radius 2 is 2.09 bits per heavy atom. The van der Waals surface area contributed by atoms with Crippen LogP contribution in [0.1, 0.15) is 5.56 Å². The van der Waals surface area contributed by atoms with E-state index in [1.165, 1.54) is 0 Å². The molecule has 0 saturated carbocycles. The van der Waals surface area contributed by atoms with Crippen LogP contribution in [0.3, 0.4) is 0 Å². The molecule has 60 valence electrons. The van der Waals surface area contributed by atoms with E-state index in [0.29, 0.717) is 11.4 Å². The summed E-state index contributed by atoms with van der Waals surface area (Å²) in [5, 5.41) is 0. The lowest BCUT2D eigenvalue weighted by Gasteiger charge is -2.08. The van der Waals surface area contributed by atoms with Crippen LogP contribution < -0.4 is 10.5 Å². The molecule has 0 aliphatic carbocycles. The molecule has 0 saturated heterocycles. The van der Waals surface area contributed by atoms with Crippen LogP contribution >= 0.6 is 15.9 Å². The Morgan fingerprint density at radius 3 is 2.55 bits per heavy atom. The molecule has 1 aromatic rings.